The number of likely N-dealkylation sites (tertiary alicyclic amines) is 1. The third-order valence-electron chi connectivity index (χ3n) is 4.77. The Labute approximate surface area is 139 Å². The molecule has 0 aliphatic carbocycles. The smallest absolute Gasteiger partial charge is 0.379 e. The van der Waals surface area contributed by atoms with Crippen LogP contribution in [0.1, 0.15) is 37.3 Å². The van der Waals surface area contributed by atoms with Crippen LogP contribution in [0.2, 0.25) is 0 Å². The summed E-state index contributed by atoms with van der Waals surface area (Å²) in [5.74, 6) is 0.449. The Bertz CT molecular complexity index is 730. The van der Waals surface area contributed by atoms with Crippen LogP contribution >= 0.6 is 0 Å². The Kier molecular flexibility index (Phi) is 4.53. The molecular weight excluding hydrogens is 317 g/mol. The van der Waals surface area contributed by atoms with Gasteiger partial charge >= 0.3 is 6.18 Å². The molecule has 3 rings (SSSR count). The summed E-state index contributed by atoms with van der Waals surface area (Å²) < 4.78 is 39.7. The molecule has 0 bridgehead atoms. The van der Waals surface area contributed by atoms with E-state index < -0.39 is 18.0 Å². The van der Waals surface area contributed by atoms with E-state index >= 15 is 0 Å². The average molecular weight is 338 g/mol. The minimum atomic E-state index is -4.42. The maximum atomic E-state index is 13.2. The Morgan fingerprint density at radius 2 is 2.00 bits per heavy atom. The monoisotopic (exact) mass is 338 g/mol. The van der Waals surface area contributed by atoms with Gasteiger partial charge in [0.2, 0.25) is 0 Å². The maximum Gasteiger partial charge on any atom is 0.418 e. The largest absolute Gasteiger partial charge is 0.418 e. The number of aromatic nitrogens is 1. The predicted octanol–water partition coefficient (Wildman–Crippen LogP) is 4.02. The molecule has 3 nitrogen and oxygen atoms in total. The van der Waals surface area contributed by atoms with Crippen molar-refractivity contribution >= 4 is 10.9 Å². The molecule has 1 aromatic heterocycles. The molecule has 6 heteroatoms. The minimum absolute atomic E-state index is 0.00400. The van der Waals surface area contributed by atoms with Crippen LogP contribution in [0.5, 0.6) is 0 Å². The van der Waals surface area contributed by atoms with Gasteiger partial charge in [0.15, 0.2) is 0 Å². The van der Waals surface area contributed by atoms with Crippen LogP contribution in [0.3, 0.4) is 0 Å². The molecule has 2 aromatic rings. The van der Waals surface area contributed by atoms with Gasteiger partial charge in [-0.25, -0.2) is 0 Å². The number of fused-ring (bicyclic) bond motifs is 1. The first kappa shape index (κ1) is 17.2. The highest BCUT2D eigenvalue weighted by atomic mass is 19.4. The third kappa shape index (κ3) is 3.26. The first-order valence-corrected chi connectivity index (χ1v) is 8.14. The minimum Gasteiger partial charge on any atom is -0.379 e. The Morgan fingerprint density at radius 1 is 1.25 bits per heavy atom. The molecule has 24 heavy (non-hydrogen) atoms. The molecule has 0 amide bonds. The second kappa shape index (κ2) is 6.33. The number of benzene rings is 1. The van der Waals surface area contributed by atoms with Gasteiger partial charge < -0.3 is 5.11 Å². The highest BCUT2D eigenvalue weighted by molar-refractivity contribution is 5.86. The highest BCUT2D eigenvalue weighted by Crippen LogP contribution is 2.39. The standard InChI is InChI=1S/C18H21F3N2O/c1-11-8-13(10-23(9-11)12(2)24)14-5-6-16(18(19,20)21)17-15(14)4-3-7-22-17/h3-7,11-13,24H,8-10H2,1-2H3/t11-,12?,13+/m0/s1. The Morgan fingerprint density at radius 3 is 2.67 bits per heavy atom. The first-order chi connectivity index (χ1) is 11.3. The third-order valence-corrected chi connectivity index (χ3v) is 4.77. The van der Waals surface area contributed by atoms with Crippen molar-refractivity contribution in [1.29, 1.82) is 0 Å². The highest BCUT2D eigenvalue weighted by Gasteiger charge is 2.35. The van der Waals surface area contributed by atoms with Crippen LogP contribution in [-0.4, -0.2) is 34.3 Å². The van der Waals surface area contributed by atoms with E-state index in [-0.39, 0.29) is 11.4 Å². The van der Waals surface area contributed by atoms with Crippen LogP contribution in [0.25, 0.3) is 10.9 Å². The van der Waals surface area contributed by atoms with E-state index in [1.807, 2.05) is 4.90 Å². The summed E-state index contributed by atoms with van der Waals surface area (Å²) in [6.45, 7) is 5.26. The van der Waals surface area contributed by atoms with Crippen molar-refractivity contribution in [3.8, 4) is 0 Å². The lowest BCUT2D eigenvalue weighted by atomic mass is 9.83. The van der Waals surface area contributed by atoms with Gasteiger partial charge in [0, 0.05) is 24.7 Å². The average Bonchev–Trinajstić information content (AvgIpc) is 2.52. The van der Waals surface area contributed by atoms with Crippen molar-refractivity contribution in [2.45, 2.75) is 38.6 Å². The van der Waals surface area contributed by atoms with Gasteiger partial charge in [-0.15, -0.1) is 0 Å². The van der Waals surface area contributed by atoms with Crippen molar-refractivity contribution < 1.29 is 18.3 Å². The van der Waals surface area contributed by atoms with E-state index in [1.54, 1.807) is 25.1 Å². The molecule has 1 aliphatic heterocycles. The number of aliphatic hydroxyl groups excluding tert-OH is 1. The lowest BCUT2D eigenvalue weighted by Crippen LogP contribution is -2.43. The number of pyridine rings is 1. The number of aliphatic hydroxyl groups is 1. The lowest BCUT2D eigenvalue weighted by Gasteiger charge is -2.38. The molecule has 1 fully saturated rings. The van der Waals surface area contributed by atoms with E-state index in [0.717, 1.165) is 24.6 Å². The Hall–Kier alpha value is -1.66. The van der Waals surface area contributed by atoms with E-state index in [1.165, 1.54) is 6.20 Å². The molecule has 2 heterocycles. The van der Waals surface area contributed by atoms with Crippen molar-refractivity contribution in [2.75, 3.05) is 13.1 Å². The molecular formula is C18H21F3N2O. The quantitative estimate of drug-likeness (QED) is 0.898. The van der Waals surface area contributed by atoms with Gasteiger partial charge in [0.1, 0.15) is 6.23 Å². The van der Waals surface area contributed by atoms with Crippen molar-refractivity contribution in [3.63, 3.8) is 0 Å². The topological polar surface area (TPSA) is 36.4 Å². The second-order valence-electron chi connectivity index (χ2n) is 6.72. The zero-order chi connectivity index (χ0) is 17.5. The van der Waals surface area contributed by atoms with Gasteiger partial charge in [-0.2, -0.15) is 13.2 Å². The van der Waals surface area contributed by atoms with Gasteiger partial charge in [0.25, 0.3) is 0 Å². The fourth-order valence-corrected chi connectivity index (χ4v) is 3.70. The van der Waals surface area contributed by atoms with Crippen LogP contribution in [0.15, 0.2) is 30.5 Å². The fraction of sp³-hybridized carbons (Fsp3) is 0.500. The van der Waals surface area contributed by atoms with E-state index in [4.69, 9.17) is 0 Å². The number of hydrogen-bond donors (Lipinski definition) is 1. The first-order valence-electron chi connectivity index (χ1n) is 8.14. The summed E-state index contributed by atoms with van der Waals surface area (Å²) >= 11 is 0. The fourth-order valence-electron chi connectivity index (χ4n) is 3.70. The maximum absolute atomic E-state index is 13.2. The normalized spacial score (nSPS) is 24.2. The van der Waals surface area contributed by atoms with E-state index in [0.29, 0.717) is 17.8 Å². The molecule has 1 unspecified atom stereocenters. The van der Waals surface area contributed by atoms with Crippen molar-refractivity contribution in [3.05, 3.63) is 41.6 Å². The van der Waals surface area contributed by atoms with Crippen molar-refractivity contribution in [2.24, 2.45) is 5.92 Å². The SMILES string of the molecule is CC(O)N1C[C@@H](C)C[C@@H](c2ccc(C(F)(F)F)c3ncccc23)C1. The van der Waals surface area contributed by atoms with Gasteiger partial charge in [-0.1, -0.05) is 19.1 Å². The number of rotatable bonds is 2. The molecule has 1 saturated heterocycles. The number of halogens is 3. The summed E-state index contributed by atoms with van der Waals surface area (Å²) in [6, 6.07) is 6.09. The number of nitrogens with zero attached hydrogens (tertiary/aromatic N) is 2. The van der Waals surface area contributed by atoms with Crippen LogP contribution < -0.4 is 0 Å². The van der Waals surface area contributed by atoms with E-state index in [9.17, 15) is 18.3 Å². The molecule has 1 aliphatic rings. The number of hydrogen-bond acceptors (Lipinski definition) is 3. The second-order valence-corrected chi connectivity index (χ2v) is 6.72. The number of piperidine rings is 1. The molecule has 0 spiro atoms. The summed E-state index contributed by atoms with van der Waals surface area (Å²) in [7, 11) is 0. The Balaban J connectivity index is 2.07. The zero-order valence-electron chi connectivity index (χ0n) is 13.7. The van der Waals surface area contributed by atoms with Crippen molar-refractivity contribution in [1.82, 2.24) is 9.88 Å². The van der Waals surface area contributed by atoms with Crippen LogP contribution in [-0.2, 0) is 6.18 Å². The molecule has 3 atom stereocenters. The lowest BCUT2D eigenvalue weighted by molar-refractivity contribution is -0.136. The summed E-state index contributed by atoms with van der Waals surface area (Å²) in [4.78, 5) is 5.96. The summed E-state index contributed by atoms with van der Waals surface area (Å²) in [5.41, 5.74) is 0.186. The predicted molar refractivity (Wildman–Crippen MR) is 86.5 cm³/mol. The summed E-state index contributed by atoms with van der Waals surface area (Å²) in [5, 5.41) is 10.4. The van der Waals surface area contributed by atoms with Gasteiger partial charge in [0.05, 0.1) is 11.1 Å². The molecule has 0 radical (unpaired) electrons. The molecule has 130 valence electrons. The van der Waals surface area contributed by atoms with Gasteiger partial charge in [-0.3, -0.25) is 9.88 Å². The van der Waals surface area contributed by atoms with Crippen LogP contribution in [0.4, 0.5) is 13.2 Å². The molecule has 1 aromatic carbocycles. The van der Waals surface area contributed by atoms with Crippen LogP contribution in [0, 0.1) is 5.92 Å². The number of alkyl halides is 3. The molecule has 1 N–H and O–H groups in total. The summed E-state index contributed by atoms with van der Waals surface area (Å²) in [6.07, 6.45) is -2.70. The van der Waals surface area contributed by atoms with Gasteiger partial charge in [-0.05, 0) is 42.9 Å². The molecule has 0 saturated carbocycles. The van der Waals surface area contributed by atoms with E-state index in [2.05, 4.69) is 11.9 Å². The zero-order valence-corrected chi connectivity index (χ0v) is 13.7.